The van der Waals surface area contributed by atoms with Crippen LogP contribution in [0.25, 0.3) is 0 Å². The van der Waals surface area contributed by atoms with E-state index in [9.17, 15) is 14.0 Å². The summed E-state index contributed by atoms with van der Waals surface area (Å²) in [5.41, 5.74) is -0.0970. The lowest BCUT2D eigenvalue weighted by molar-refractivity contribution is -0.138. The summed E-state index contributed by atoms with van der Waals surface area (Å²) >= 11 is 0. The Hall–Kier alpha value is -1.91. The monoisotopic (exact) mass is 344 g/mol. The van der Waals surface area contributed by atoms with Crippen molar-refractivity contribution >= 4 is 11.8 Å². The van der Waals surface area contributed by atoms with Gasteiger partial charge in [0, 0.05) is 38.2 Å². The maximum atomic E-state index is 14.3. The van der Waals surface area contributed by atoms with E-state index < -0.39 is 5.41 Å². The Morgan fingerprint density at radius 2 is 2.00 bits per heavy atom. The molecule has 0 aromatic heterocycles. The number of nitrogens with zero attached hydrogens (tertiary/aromatic N) is 2. The summed E-state index contributed by atoms with van der Waals surface area (Å²) in [7, 11) is 1.89. The van der Waals surface area contributed by atoms with E-state index in [0.717, 1.165) is 32.1 Å². The van der Waals surface area contributed by atoms with Crippen LogP contribution in [0, 0.1) is 11.7 Å². The molecule has 0 N–H and O–H groups in total. The molecule has 5 heteroatoms. The quantitative estimate of drug-likeness (QED) is 0.828. The van der Waals surface area contributed by atoms with Crippen LogP contribution >= 0.6 is 0 Å². The van der Waals surface area contributed by atoms with Crippen LogP contribution in [0.15, 0.2) is 24.3 Å². The molecule has 25 heavy (non-hydrogen) atoms. The third-order valence-corrected chi connectivity index (χ3v) is 6.39. The predicted octanol–water partition coefficient (Wildman–Crippen LogP) is 2.72. The Kier molecular flexibility index (Phi) is 4.05. The zero-order valence-corrected chi connectivity index (χ0v) is 14.7. The van der Waals surface area contributed by atoms with Gasteiger partial charge in [0.1, 0.15) is 5.82 Å². The van der Waals surface area contributed by atoms with E-state index in [2.05, 4.69) is 0 Å². The summed E-state index contributed by atoms with van der Waals surface area (Å²) in [5, 5.41) is 0. The first-order chi connectivity index (χ1) is 12.0. The number of amides is 2. The Bertz CT molecular complexity index is 701. The fourth-order valence-electron chi connectivity index (χ4n) is 4.75. The van der Waals surface area contributed by atoms with Crippen LogP contribution in [0.4, 0.5) is 4.39 Å². The van der Waals surface area contributed by atoms with Crippen LogP contribution in [0.3, 0.4) is 0 Å². The Morgan fingerprint density at radius 3 is 2.72 bits per heavy atom. The second-order valence-electron chi connectivity index (χ2n) is 7.83. The average molecular weight is 344 g/mol. The van der Waals surface area contributed by atoms with E-state index in [1.807, 2.05) is 22.9 Å². The number of likely N-dealkylation sites (tertiary alicyclic amines) is 2. The van der Waals surface area contributed by atoms with Crippen molar-refractivity contribution in [3.8, 4) is 0 Å². The van der Waals surface area contributed by atoms with Gasteiger partial charge in [-0.05, 0) is 44.1 Å². The van der Waals surface area contributed by atoms with Gasteiger partial charge < -0.3 is 9.80 Å². The minimum atomic E-state index is -0.648. The first-order valence-electron chi connectivity index (χ1n) is 9.33. The molecular weight excluding hydrogens is 319 g/mol. The molecule has 0 radical (unpaired) electrons. The molecule has 0 unspecified atom stereocenters. The van der Waals surface area contributed by atoms with Gasteiger partial charge in [-0.1, -0.05) is 18.2 Å². The van der Waals surface area contributed by atoms with Gasteiger partial charge >= 0.3 is 0 Å². The SMILES string of the molecule is CN1C(=O)CCC[C@H]2CN(C(=O)C3(c4ccccc4F)CC3)CC[C@H]21. The second-order valence-corrected chi connectivity index (χ2v) is 7.83. The number of hydrogen-bond acceptors (Lipinski definition) is 2. The highest BCUT2D eigenvalue weighted by Crippen LogP contribution is 2.51. The molecule has 3 fully saturated rings. The third kappa shape index (κ3) is 2.74. The third-order valence-electron chi connectivity index (χ3n) is 6.39. The molecule has 1 saturated carbocycles. The van der Waals surface area contributed by atoms with E-state index >= 15 is 0 Å². The van der Waals surface area contributed by atoms with E-state index in [0.29, 0.717) is 31.0 Å². The highest BCUT2D eigenvalue weighted by molar-refractivity contribution is 5.91. The normalized spacial score (nSPS) is 28.3. The summed E-state index contributed by atoms with van der Waals surface area (Å²) in [6.45, 7) is 1.35. The van der Waals surface area contributed by atoms with Gasteiger partial charge in [0.2, 0.25) is 11.8 Å². The van der Waals surface area contributed by atoms with Crippen molar-refractivity contribution in [3.63, 3.8) is 0 Å². The van der Waals surface area contributed by atoms with E-state index in [1.54, 1.807) is 12.1 Å². The molecule has 1 aliphatic carbocycles. The van der Waals surface area contributed by atoms with E-state index in [4.69, 9.17) is 0 Å². The predicted molar refractivity (Wildman–Crippen MR) is 92.4 cm³/mol. The van der Waals surface area contributed by atoms with Gasteiger partial charge in [-0.15, -0.1) is 0 Å². The minimum Gasteiger partial charge on any atom is -0.342 e. The molecule has 4 rings (SSSR count). The first kappa shape index (κ1) is 16.6. The number of carbonyl (C=O) groups excluding carboxylic acids is 2. The number of hydrogen-bond donors (Lipinski definition) is 0. The molecule has 1 aromatic rings. The molecule has 2 heterocycles. The highest BCUT2D eigenvalue weighted by Gasteiger charge is 2.55. The van der Waals surface area contributed by atoms with Gasteiger partial charge in [0.15, 0.2) is 0 Å². The lowest BCUT2D eigenvalue weighted by Crippen LogP contribution is -2.53. The fourth-order valence-corrected chi connectivity index (χ4v) is 4.75. The number of fused-ring (bicyclic) bond motifs is 1. The number of carbonyl (C=O) groups is 2. The lowest BCUT2D eigenvalue weighted by atomic mass is 9.86. The van der Waals surface area contributed by atoms with Crippen molar-refractivity contribution in [1.82, 2.24) is 9.80 Å². The molecule has 134 valence electrons. The van der Waals surface area contributed by atoms with Crippen molar-refractivity contribution < 1.29 is 14.0 Å². The van der Waals surface area contributed by atoms with Gasteiger partial charge in [0.05, 0.1) is 5.41 Å². The Labute approximate surface area is 148 Å². The molecule has 4 nitrogen and oxygen atoms in total. The first-order valence-corrected chi connectivity index (χ1v) is 9.33. The molecule has 2 amide bonds. The molecule has 1 aromatic carbocycles. The Morgan fingerprint density at radius 1 is 1.24 bits per heavy atom. The van der Waals surface area contributed by atoms with Crippen LogP contribution in [-0.2, 0) is 15.0 Å². The Balaban J connectivity index is 1.53. The van der Waals surface area contributed by atoms with Gasteiger partial charge in [-0.2, -0.15) is 0 Å². The standard InChI is InChI=1S/C20H25FN2O2/c1-22-17-9-12-23(13-14(17)5-4-8-18(22)24)19(25)20(10-11-20)15-6-2-3-7-16(15)21/h2-3,6-7,14,17H,4-5,8-13H2,1H3/t14-,17+/m0/s1. The summed E-state index contributed by atoms with van der Waals surface area (Å²) < 4.78 is 14.3. The van der Waals surface area contributed by atoms with Gasteiger partial charge in [-0.25, -0.2) is 4.39 Å². The summed E-state index contributed by atoms with van der Waals surface area (Å²) in [5.74, 6) is 0.361. The largest absolute Gasteiger partial charge is 0.342 e. The number of piperidine rings is 1. The van der Waals surface area contributed by atoms with Crippen molar-refractivity contribution in [3.05, 3.63) is 35.6 Å². The number of benzene rings is 1. The van der Waals surface area contributed by atoms with Crippen molar-refractivity contribution in [2.75, 3.05) is 20.1 Å². The molecule has 0 spiro atoms. The highest BCUT2D eigenvalue weighted by atomic mass is 19.1. The molecule has 0 bridgehead atoms. The maximum Gasteiger partial charge on any atom is 0.233 e. The van der Waals surface area contributed by atoms with Crippen LogP contribution < -0.4 is 0 Å². The zero-order valence-electron chi connectivity index (χ0n) is 14.7. The van der Waals surface area contributed by atoms with Crippen molar-refractivity contribution in [1.29, 1.82) is 0 Å². The van der Waals surface area contributed by atoms with E-state index in [-0.39, 0.29) is 23.7 Å². The van der Waals surface area contributed by atoms with Crippen LogP contribution in [-0.4, -0.2) is 47.8 Å². The van der Waals surface area contributed by atoms with Crippen LogP contribution in [0.1, 0.15) is 44.1 Å². The van der Waals surface area contributed by atoms with Crippen LogP contribution in [0.5, 0.6) is 0 Å². The topological polar surface area (TPSA) is 40.6 Å². The number of rotatable bonds is 2. The second kappa shape index (κ2) is 6.11. The fraction of sp³-hybridized carbons (Fsp3) is 0.600. The minimum absolute atomic E-state index is 0.0780. The summed E-state index contributed by atoms with van der Waals surface area (Å²) in [6, 6.07) is 6.92. The average Bonchev–Trinajstić information content (AvgIpc) is 3.43. The maximum absolute atomic E-state index is 14.3. The molecule has 2 saturated heterocycles. The van der Waals surface area contributed by atoms with E-state index in [1.165, 1.54) is 6.07 Å². The molecular formula is C20H25FN2O2. The van der Waals surface area contributed by atoms with Gasteiger partial charge in [0.25, 0.3) is 0 Å². The number of halogens is 1. The lowest BCUT2D eigenvalue weighted by Gasteiger charge is -2.42. The summed E-state index contributed by atoms with van der Waals surface area (Å²) in [6.07, 6.45) is 4.77. The van der Waals surface area contributed by atoms with Crippen molar-refractivity contribution in [2.45, 2.75) is 50.0 Å². The van der Waals surface area contributed by atoms with Crippen molar-refractivity contribution in [2.24, 2.45) is 5.92 Å². The molecule has 2 aliphatic heterocycles. The molecule has 2 atom stereocenters. The summed E-state index contributed by atoms with van der Waals surface area (Å²) in [4.78, 5) is 29.1. The van der Waals surface area contributed by atoms with Crippen LogP contribution in [0.2, 0.25) is 0 Å². The zero-order chi connectivity index (χ0) is 17.6. The molecule has 3 aliphatic rings. The van der Waals surface area contributed by atoms with Gasteiger partial charge in [-0.3, -0.25) is 9.59 Å². The smallest absolute Gasteiger partial charge is 0.233 e.